The molecule has 2 atom stereocenters. The lowest BCUT2D eigenvalue weighted by atomic mass is 9.82. The van der Waals surface area contributed by atoms with E-state index in [1.54, 1.807) is 0 Å². The van der Waals surface area contributed by atoms with Crippen molar-refractivity contribution in [2.45, 2.75) is 12.0 Å². The maximum atomic E-state index is 5.30. The minimum absolute atomic E-state index is 0.0747. The third-order valence-corrected chi connectivity index (χ3v) is 15.2. The first-order valence-electron chi connectivity index (χ1n) is 25.1. The van der Waals surface area contributed by atoms with Crippen LogP contribution in [0.1, 0.15) is 6.42 Å². The van der Waals surface area contributed by atoms with Crippen molar-refractivity contribution in [2.24, 2.45) is 5.92 Å². The second-order valence-corrected chi connectivity index (χ2v) is 19.5. The van der Waals surface area contributed by atoms with E-state index in [2.05, 4.69) is 278 Å². The van der Waals surface area contributed by atoms with Crippen molar-refractivity contribution >= 4 is 32.6 Å². The largest absolute Gasteiger partial charge is 0.314 e. The Morgan fingerprint density at radius 2 is 0.750 bits per heavy atom. The van der Waals surface area contributed by atoms with Crippen molar-refractivity contribution in [2.75, 3.05) is 0 Å². The van der Waals surface area contributed by atoms with Gasteiger partial charge in [-0.25, -0.2) is 4.98 Å². The molecule has 2 aliphatic carbocycles. The molecular formula is C70H48N2. The van der Waals surface area contributed by atoms with Gasteiger partial charge in [-0.15, -0.1) is 0 Å². The molecule has 1 saturated carbocycles. The van der Waals surface area contributed by atoms with E-state index in [9.17, 15) is 0 Å². The number of allylic oxidation sites excluding steroid dienone is 4. The van der Waals surface area contributed by atoms with Crippen molar-refractivity contribution in [1.29, 1.82) is 0 Å². The molecule has 2 unspecified atom stereocenters. The molecule has 14 rings (SSSR count). The molecule has 0 bridgehead atoms. The fourth-order valence-corrected chi connectivity index (χ4v) is 11.6. The smallest absolute Gasteiger partial charge is 0.141 e. The molecule has 1 aromatic heterocycles. The molecule has 2 aliphatic rings. The summed E-state index contributed by atoms with van der Waals surface area (Å²) in [6.07, 6.45) is 10.2. The van der Waals surface area contributed by atoms with Crippen LogP contribution in [0.15, 0.2) is 273 Å². The summed E-state index contributed by atoms with van der Waals surface area (Å²) in [5.41, 5.74) is 19.9. The molecule has 1 heterocycles. The Balaban J connectivity index is 1.01. The molecule has 0 saturated heterocycles. The molecular weight excluding hydrogens is 869 g/mol. The molecule has 0 aliphatic heterocycles. The van der Waals surface area contributed by atoms with Gasteiger partial charge in [0.2, 0.25) is 0 Å². The first-order valence-corrected chi connectivity index (χ1v) is 25.1. The van der Waals surface area contributed by atoms with E-state index in [0.29, 0.717) is 5.92 Å². The van der Waals surface area contributed by atoms with Crippen molar-refractivity contribution < 1.29 is 0 Å². The predicted molar refractivity (Wildman–Crippen MR) is 303 cm³/mol. The van der Waals surface area contributed by atoms with Gasteiger partial charge in [-0.1, -0.05) is 218 Å². The topological polar surface area (TPSA) is 17.8 Å². The maximum absolute atomic E-state index is 5.30. The first-order chi connectivity index (χ1) is 35.6. The number of para-hydroxylation sites is 2. The Labute approximate surface area is 420 Å². The fraction of sp³-hybridized carbons (Fsp3) is 0.0429. The highest BCUT2D eigenvalue weighted by Gasteiger charge is 2.54. The zero-order chi connectivity index (χ0) is 47.6. The van der Waals surface area contributed by atoms with Crippen molar-refractivity contribution in [3.05, 3.63) is 273 Å². The number of hydrogen-bond acceptors (Lipinski definition) is 1. The van der Waals surface area contributed by atoms with Gasteiger partial charge in [0.05, 0.1) is 16.6 Å². The molecule has 2 nitrogen and oxygen atoms in total. The Hall–Kier alpha value is -9.11. The van der Waals surface area contributed by atoms with Gasteiger partial charge in [0.25, 0.3) is 0 Å². The lowest BCUT2D eigenvalue weighted by molar-refractivity contribution is 0.585. The van der Waals surface area contributed by atoms with Crippen molar-refractivity contribution in [3.63, 3.8) is 0 Å². The van der Waals surface area contributed by atoms with Gasteiger partial charge in [0, 0.05) is 11.5 Å². The van der Waals surface area contributed by atoms with Crippen LogP contribution in [0, 0.1) is 5.92 Å². The van der Waals surface area contributed by atoms with Crippen LogP contribution < -0.4 is 0 Å². The summed E-state index contributed by atoms with van der Waals surface area (Å²) in [6, 6.07) is 91.5. The summed E-state index contributed by atoms with van der Waals surface area (Å²) < 4.78 is 2.50. The Morgan fingerprint density at radius 1 is 0.333 bits per heavy atom. The number of fused-ring (bicyclic) bond motifs is 4. The van der Waals surface area contributed by atoms with E-state index >= 15 is 0 Å². The Kier molecular flexibility index (Phi) is 9.93. The van der Waals surface area contributed by atoms with E-state index in [1.165, 1.54) is 93.8 Å². The van der Waals surface area contributed by atoms with Gasteiger partial charge in [0.15, 0.2) is 0 Å². The van der Waals surface area contributed by atoms with E-state index in [0.717, 1.165) is 34.5 Å². The lowest BCUT2D eigenvalue weighted by Crippen LogP contribution is -2.19. The van der Waals surface area contributed by atoms with E-state index in [1.807, 2.05) is 0 Å². The first kappa shape index (κ1) is 41.8. The van der Waals surface area contributed by atoms with Gasteiger partial charge in [-0.3, -0.25) is 0 Å². The summed E-state index contributed by atoms with van der Waals surface area (Å²) in [5, 5.41) is 4.85. The van der Waals surface area contributed by atoms with Gasteiger partial charge in [0.1, 0.15) is 5.82 Å². The average molecular weight is 917 g/mol. The summed E-state index contributed by atoms with van der Waals surface area (Å²) >= 11 is 0. The number of nitrogens with zero attached hydrogens (tertiary/aromatic N) is 2. The summed E-state index contributed by atoms with van der Waals surface area (Å²) in [5.74, 6) is 1.50. The zero-order valence-corrected chi connectivity index (χ0v) is 39.7. The molecule has 0 N–H and O–H groups in total. The van der Waals surface area contributed by atoms with Crippen LogP contribution in [-0.4, -0.2) is 9.55 Å². The Morgan fingerprint density at radius 3 is 1.28 bits per heavy atom. The van der Waals surface area contributed by atoms with Gasteiger partial charge >= 0.3 is 0 Å². The fourth-order valence-electron chi connectivity index (χ4n) is 11.6. The number of rotatable bonds is 9. The summed E-state index contributed by atoms with van der Waals surface area (Å²) in [7, 11) is 0. The molecule has 12 aromatic rings. The quantitative estimate of drug-likeness (QED) is 0.132. The number of imidazole rings is 1. The van der Waals surface area contributed by atoms with Gasteiger partial charge in [-0.05, 0) is 160 Å². The molecule has 1 fully saturated rings. The normalized spacial score (nSPS) is 15.8. The van der Waals surface area contributed by atoms with E-state index in [4.69, 9.17) is 4.98 Å². The van der Waals surface area contributed by atoms with Crippen LogP contribution in [0.25, 0.3) is 122 Å². The average Bonchev–Trinajstić information content (AvgIpc) is 4.08. The molecule has 0 spiro atoms. The standard InChI is InChI=1S/C70H48N2/c1-5-19-47(20-6-1)54-39-55(48-21-7-2-8-22-48)42-58(41-54)67-61-28-13-14-29-62(61)68(59-43-56(49-23-9-3-10-24-49)40-57(44-59)50-25-11-4-12-26-50)64-45-53(36-37-63(64)67)51-32-34-52(35-33-51)69-71-65-30-15-16-31-66(65)72(69)70-38-18-17-27-60(70)46-70/h1-45,60H,46H2. The predicted octanol–water partition coefficient (Wildman–Crippen LogP) is 18.5. The summed E-state index contributed by atoms with van der Waals surface area (Å²) in [4.78, 5) is 5.30. The van der Waals surface area contributed by atoms with Gasteiger partial charge < -0.3 is 4.57 Å². The van der Waals surface area contributed by atoms with E-state index in [-0.39, 0.29) is 5.54 Å². The third-order valence-electron chi connectivity index (χ3n) is 15.2. The number of hydrogen-bond donors (Lipinski definition) is 0. The Bertz CT molecular complexity index is 3980. The van der Waals surface area contributed by atoms with Gasteiger partial charge in [-0.2, -0.15) is 0 Å². The SMILES string of the molecule is C1=CC2CC2(n2c(-c3ccc(-c4ccc5c(-c6cc(-c7ccccc7)cc(-c7ccccc7)c6)c6ccccc6c(-c6cc(-c7ccccc7)cc(-c7ccccc7)c6)c5c4)cc3)nc3ccccc32)C=C1. The molecule has 0 radical (unpaired) electrons. The van der Waals surface area contributed by atoms with Crippen LogP contribution in [0.3, 0.4) is 0 Å². The van der Waals surface area contributed by atoms with Crippen LogP contribution >= 0.6 is 0 Å². The second-order valence-electron chi connectivity index (χ2n) is 19.5. The number of aromatic nitrogens is 2. The van der Waals surface area contributed by atoms with Crippen LogP contribution in [0.4, 0.5) is 0 Å². The van der Waals surface area contributed by atoms with E-state index < -0.39 is 0 Å². The second kappa shape index (κ2) is 17.1. The lowest BCUT2D eigenvalue weighted by Gasteiger charge is -2.21. The van der Waals surface area contributed by atoms with Crippen LogP contribution in [-0.2, 0) is 5.54 Å². The van der Waals surface area contributed by atoms with Crippen molar-refractivity contribution in [1.82, 2.24) is 9.55 Å². The number of benzene rings is 11. The molecule has 2 heteroatoms. The highest BCUT2D eigenvalue weighted by atomic mass is 15.2. The maximum Gasteiger partial charge on any atom is 0.141 e. The van der Waals surface area contributed by atoms with Crippen LogP contribution in [0.2, 0.25) is 0 Å². The monoisotopic (exact) mass is 916 g/mol. The minimum Gasteiger partial charge on any atom is -0.314 e. The highest BCUT2D eigenvalue weighted by molar-refractivity contribution is 6.22. The minimum atomic E-state index is -0.0747. The third kappa shape index (κ3) is 7.14. The molecule has 338 valence electrons. The summed E-state index contributed by atoms with van der Waals surface area (Å²) in [6.45, 7) is 0. The van der Waals surface area contributed by atoms with Crippen LogP contribution in [0.5, 0.6) is 0 Å². The molecule has 11 aromatic carbocycles. The molecule has 72 heavy (non-hydrogen) atoms. The highest BCUT2D eigenvalue weighted by Crippen LogP contribution is 2.57. The zero-order valence-electron chi connectivity index (χ0n) is 39.7. The molecule has 0 amide bonds. The van der Waals surface area contributed by atoms with Crippen molar-refractivity contribution in [3.8, 4) is 89.3 Å².